The fraction of sp³-hybridized carbons (Fsp3) is 0.400. The van der Waals surface area contributed by atoms with Crippen molar-refractivity contribution in [2.24, 2.45) is 0 Å². The molecule has 3 amide bonds. The number of ether oxygens (including phenoxy) is 4. The van der Waals surface area contributed by atoms with Crippen LogP contribution in [0.15, 0.2) is 12.1 Å². The maximum Gasteiger partial charge on any atom is 0.342 e. The molecule has 0 aliphatic rings. The Labute approximate surface area is 139 Å². The van der Waals surface area contributed by atoms with Gasteiger partial charge in [0.2, 0.25) is 5.75 Å². The van der Waals surface area contributed by atoms with Gasteiger partial charge in [0, 0.05) is 7.05 Å². The molecule has 1 unspecified atom stereocenters. The van der Waals surface area contributed by atoms with Crippen molar-refractivity contribution in [2.75, 3.05) is 28.4 Å². The number of benzene rings is 1. The number of imide groups is 1. The highest BCUT2D eigenvalue weighted by Gasteiger charge is 2.25. The SMILES string of the molecule is CNC(=O)NC(=O)C(C)OC(=O)c1ccc(OC)c(OC)c1OC. The molecule has 0 saturated carbocycles. The number of rotatable bonds is 6. The van der Waals surface area contributed by atoms with E-state index < -0.39 is 24.0 Å². The van der Waals surface area contributed by atoms with E-state index in [-0.39, 0.29) is 17.1 Å². The van der Waals surface area contributed by atoms with Gasteiger partial charge in [-0.2, -0.15) is 0 Å². The third-order valence-electron chi connectivity index (χ3n) is 3.04. The topological polar surface area (TPSA) is 112 Å². The molecular weight excluding hydrogens is 320 g/mol. The molecule has 1 rings (SSSR count). The fourth-order valence-corrected chi connectivity index (χ4v) is 1.82. The predicted octanol–water partition coefficient (Wildman–Crippen LogP) is 0.713. The lowest BCUT2D eigenvalue weighted by Gasteiger charge is -2.17. The van der Waals surface area contributed by atoms with E-state index in [1.165, 1.54) is 47.4 Å². The van der Waals surface area contributed by atoms with Gasteiger partial charge in [0.15, 0.2) is 17.6 Å². The van der Waals surface area contributed by atoms with Crippen LogP contribution in [0.1, 0.15) is 17.3 Å². The molecule has 24 heavy (non-hydrogen) atoms. The van der Waals surface area contributed by atoms with Crippen LogP contribution in [0.3, 0.4) is 0 Å². The Morgan fingerprint density at radius 3 is 2.12 bits per heavy atom. The number of hydrogen-bond acceptors (Lipinski definition) is 7. The van der Waals surface area contributed by atoms with Crippen molar-refractivity contribution >= 4 is 17.9 Å². The summed E-state index contributed by atoms with van der Waals surface area (Å²) in [5.74, 6) is -0.872. The number of methoxy groups -OCH3 is 3. The summed E-state index contributed by atoms with van der Waals surface area (Å²) in [4.78, 5) is 35.1. The molecule has 1 aromatic rings. The zero-order valence-electron chi connectivity index (χ0n) is 14.1. The third kappa shape index (κ3) is 4.28. The highest BCUT2D eigenvalue weighted by molar-refractivity contribution is 5.99. The largest absolute Gasteiger partial charge is 0.493 e. The molecule has 2 N–H and O–H groups in total. The molecule has 0 aliphatic carbocycles. The number of carbonyl (C=O) groups excluding carboxylic acids is 3. The van der Waals surface area contributed by atoms with Crippen LogP contribution in [0.4, 0.5) is 4.79 Å². The number of nitrogens with one attached hydrogen (secondary N) is 2. The Bertz CT molecular complexity index is 630. The minimum absolute atomic E-state index is 0.0507. The van der Waals surface area contributed by atoms with Gasteiger partial charge in [-0.25, -0.2) is 9.59 Å². The standard InChI is InChI=1S/C15H20N2O7/c1-8(13(18)17-15(20)16-2)24-14(19)9-6-7-10(21-3)12(23-5)11(9)22-4/h6-8H,1-5H3,(H2,16,17,18,20). The second-order valence-electron chi connectivity index (χ2n) is 4.50. The highest BCUT2D eigenvalue weighted by atomic mass is 16.6. The van der Waals surface area contributed by atoms with Crippen molar-refractivity contribution in [2.45, 2.75) is 13.0 Å². The van der Waals surface area contributed by atoms with Crippen LogP contribution in [-0.2, 0) is 9.53 Å². The Morgan fingerprint density at radius 1 is 1.00 bits per heavy atom. The Kier molecular flexibility index (Phi) is 6.84. The van der Waals surface area contributed by atoms with Crippen LogP contribution in [0.2, 0.25) is 0 Å². The van der Waals surface area contributed by atoms with Gasteiger partial charge in [-0.3, -0.25) is 10.1 Å². The first-order valence-corrected chi connectivity index (χ1v) is 6.92. The van der Waals surface area contributed by atoms with Crippen LogP contribution < -0.4 is 24.8 Å². The third-order valence-corrected chi connectivity index (χ3v) is 3.04. The molecule has 1 atom stereocenters. The molecule has 0 saturated heterocycles. The Hall–Kier alpha value is -2.97. The molecule has 0 spiro atoms. The monoisotopic (exact) mass is 340 g/mol. The van der Waals surface area contributed by atoms with Crippen LogP contribution in [0, 0.1) is 0 Å². The van der Waals surface area contributed by atoms with Crippen molar-refractivity contribution in [3.05, 3.63) is 17.7 Å². The lowest BCUT2D eigenvalue weighted by Crippen LogP contribution is -2.43. The minimum Gasteiger partial charge on any atom is -0.493 e. The van der Waals surface area contributed by atoms with Crippen LogP contribution in [0.25, 0.3) is 0 Å². The van der Waals surface area contributed by atoms with Crippen LogP contribution in [-0.4, -0.2) is 52.4 Å². The maximum atomic E-state index is 12.3. The van der Waals surface area contributed by atoms with E-state index in [2.05, 4.69) is 5.32 Å². The fourth-order valence-electron chi connectivity index (χ4n) is 1.82. The smallest absolute Gasteiger partial charge is 0.342 e. The molecule has 0 fully saturated rings. The van der Waals surface area contributed by atoms with E-state index in [1.807, 2.05) is 5.32 Å². The van der Waals surface area contributed by atoms with Crippen molar-refractivity contribution in [3.63, 3.8) is 0 Å². The molecule has 0 aromatic heterocycles. The second-order valence-corrected chi connectivity index (χ2v) is 4.50. The maximum absolute atomic E-state index is 12.3. The van der Waals surface area contributed by atoms with Crippen molar-refractivity contribution in [1.82, 2.24) is 10.6 Å². The normalized spacial score (nSPS) is 11.0. The minimum atomic E-state index is -1.19. The van der Waals surface area contributed by atoms with E-state index in [9.17, 15) is 14.4 Å². The van der Waals surface area contributed by atoms with Gasteiger partial charge in [-0.05, 0) is 19.1 Å². The van der Waals surface area contributed by atoms with E-state index in [0.29, 0.717) is 5.75 Å². The zero-order chi connectivity index (χ0) is 18.3. The average molecular weight is 340 g/mol. The summed E-state index contributed by atoms with van der Waals surface area (Å²) in [5.41, 5.74) is 0.0507. The summed E-state index contributed by atoms with van der Waals surface area (Å²) in [6, 6.07) is 2.23. The number of hydrogen-bond donors (Lipinski definition) is 2. The summed E-state index contributed by atoms with van der Waals surface area (Å²) in [5, 5.41) is 4.23. The first-order valence-electron chi connectivity index (χ1n) is 6.92. The van der Waals surface area contributed by atoms with Crippen molar-refractivity contribution in [1.29, 1.82) is 0 Å². The number of esters is 1. The second kappa shape index (κ2) is 8.61. The molecule has 0 aliphatic heterocycles. The van der Waals surface area contributed by atoms with Gasteiger partial charge in [-0.1, -0.05) is 0 Å². The molecule has 1 aromatic carbocycles. The molecule has 9 heteroatoms. The quantitative estimate of drug-likeness (QED) is 0.734. The number of amides is 3. The lowest BCUT2D eigenvalue weighted by atomic mass is 10.1. The van der Waals surface area contributed by atoms with E-state index in [1.54, 1.807) is 0 Å². The summed E-state index contributed by atoms with van der Waals surface area (Å²) in [6.45, 7) is 1.34. The summed E-state index contributed by atoms with van der Waals surface area (Å²) in [6.07, 6.45) is -1.19. The first-order chi connectivity index (χ1) is 11.4. The average Bonchev–Trinajstić information content (AvgIpc) is 2.59. The summed E-state index contributed by atoms with van der Waals surface area (Å²) >= 11 is 0. The van der Waals surface area contributed by atoms with Crippen LogP contribution >= 0.6 is 0 Å². The van der Waals surface area contributed by atoms with Gasteiger partial charge < -0.3 is 24.3 Å². The molecule has 132 valence electrons. The van der Waals surface area contributed by atoms with Crippen molar-refractivity contribution < 1.29 is 33.3 Å². The Balaban J connectivity index is 2.99. The van der Waals surface area contributed by atoms with E-state index >= 15 is 0 Å². The molecular formula is C15H20N2O7. The molecule has 9 nitrogen and oxygen atoms in total. The predicted molar refractivity (Wildman–Crippen MR) is 83.6 cm³/mol. The first kappa shape index (κ1) is 19.1. The Morgan fingerprint density at radius 2 is 1.62 bits per heavy atom. The van der Waals surface area contributed by atoms with Gasteiger partial charge in [0.1, 0.15) is 5.56 Å². The van der Waals surface area contributed by atoms with E-state index in [0.717, 1.165) is 0 Å². The van der Waals surface area contributed by atoms with Gasteiger partial charge in [0.05, 0.1) is 21.3 Å². The zero-order valence-corrected chi connectivity index (χ0v) is 14.1. The molecule has 0 bridgehead atoms. The molecule has 0 radical (unpaired) electrons. The van der Waals surface area contributed by atoms with E-state index in [4.69, 9.17) is 18.9 Å². The lowest BCUT2D eigenvalue weighted by molar-refractivity contribution is -0.127. The van der Waals surface area contributed by atoms with Crippen LogP contribution in [0.5, 0.6) is 17.2 Å². The highest BCUT2D eigenvalue weighted by Crippen LogP contribution is 2.40. The van der Waals surface area contributed by atoms with Gasteiger partial charge in [-0.15, -0.1) is 0 Å². The van der Waals surface area contributed by atoms with Gasteiger partial charge >= 0.3 is 12.0 Å². The summed E-state index contributed by atoms with van der Waals surface area (Å²) < 4.78 is 20.5. The number of urea groups is 1. The van der Waals surface area contributed by atoms with Crippen molar-refractivity contribution in [3.8, 4) is 17.2 Å². The summed E-state index contributed by atoms with van der Waals surface area (Å²) in [7, 11) is 5.55. The van der Waals surface area contributed by atoms with Gasteiger partial charge in [0.25, 0.3) is 5.91 Å². The molecule has 0 heterocycles. The number of carbonyl (C=O) groups is 3.